The summed E-state index contributed by atoms with van der Waals surface area (Å²) in [4.78, 5) is 36.0. The molecule has 1 aromatic rings. The van der Waals surface area contributed by atoms with Crippen molar-refractivity contribution in [1.82, 2.24) is 4.90 Å². The largest absolute Gasteiger partial charge is 0.481 e. The van der Waals surface area contributed by atoms with Gasteiger partial charge < -0.3 is 20.1 Å². The highest BCUT2D eigenvalue weighted by Gasteiger charge is 2.30. The standard InChI is InChI=1S/C16H20N2O5/c1-2-23-14(19)9-11-4-3-5-13(8-11)17-16(22)18-7-6-12(10-18)15(20)21/h3-5,8,12H,2,6-7,9-10H2,1H3,(H,17,22)(H,20,21). The first-order chi connectivity index (χ1) is 11.0. The lowest BCUT2D eigenvalue weighted by atomic mass is 10.1. The summed E-state index contributed by atoms with van der Waals surface area (Å²) in [5.74, 6) is -1.70. The number of likely N-dealkylation sites (tertiary alicyclic amines) is 1. The highest BCUT2D eigenvalue weighted by Crippen LogP contribution is 2.18. The van der Waals surface area contributed by atoms with Gasteiger partial charge in [-0.1, -0.05) is 12.1 Å². The van der Waals surface area contributed by atoms with Gasteiger partial charge in [-0.25, -0.2) is 4.79 Å². The molecule has 1 aliphatic heterocycles. The number of benzene rings is 1. The molecule has 23 heavy (non-hydrogen) atoms. The molecule has 0 saturated carbocycles. The zero-order chi connectivity index (χ0) is 16.8. The number of ether oxygens (including phenoxy) is 1. The number of aliphatic carboxylic acids is 1. The van der Waals surface area contributed by atoms with E-state index in [-0.39, 0.29) is 25.0 Å². The number of carbonyl (C=O) groups is 3. The molecule has 0 aromatic heterocycles. The molecule has 7 heteroatoms. The van der Waals surface area contributed by atoms with Gasteiger partial charge in [0.05, 0.1) is 18.9 Å². The second-order valence-corrected chi connectivity index (χ2v) is 5.38. The van der Waals surface area contributed by atoms with Crippen LogP contribution >= 0.6 is 0 Å². The van der Waals surface area contributed by atoms with Crippen LogP contribution in [0.2, 0.25) is 0 Å². The number of nitrogens with one attached hydrogen (secondary N) is 1. The maximum absolute atomic E-state index is 12.1. The van der Waals surface area contributed by atoms with E-state index >= 15 is 0 Å². The van der Waals surface area contributed by atoms with Crippen molar-refractivity contribution in [2.75, 3.05) is 25.0 Å². The molecule has 1 fully saturated rings. The number of hydrogen-bond acceptors (Lipinski definition) is 4. The molecular weight excluding hydrogens is 300 g/mol. The first-order valence-electron chi connectivity index (χ1n) is 7.53. The van der Waals surface area contributed by atoms with Gasteiger partial charge in [-0.2, -0.15) is 0 Å². The minimum atomic E-state index is -0.878. The summed E-state index contributed by atoms with van der Waals surface area (Å²) in [6.07, 6.45) is 0.605. The number of esters is 1. The lowest BCUT2D eigenvalue weighted by molar-refractivity contribution is -0.142. The predicted octanol–water partition coefficient (Wildman–Crippen LogP) is 1.73. The molecule has 0 spiro atoms. The number of nitrogens with zero attached hydrogens (tertiary/aromatic N) is 1. The van der Waals surface area contributed by atoms with Crippen molar-refractivity contribution in [3.8, 4) is 0 Å². The third kappa shape index (κ3) is 4.70. The molecule has 2 amide bonds. The molecule has 0 radical (unpaired) electrons. The van der Waals surface area contributed by atoms with Crippen LogP contribution in [-0.4, -0.2) is 47.7 Å². The molecule has 0 aliphatic carbocycles. The van der Waals surface area contributed by atoms with Crippen LogP contribution in [-0.2, 0) is 20.7 Å². The Balaban J connectivity index is 1.94. The van der Waals surface area contributed by atoms with E-state index in [9.17, 15) is 14.4 Å². The summed E-state index contributed by atoms with van der Waals surface area (Å²) in [7, 11) is 0. The van der Waals surface area contributed by atoms with Crippen molar-refractivity contribution in [3.05, 3.63) is 29.8 Å². The normalized spacial score (nSPS) is 16.9. The average molecular weight is 320 g/mol. The van der Waals surface area contributed by atoms with Crippen LogP contribution in [0.15, 0.2) is 24.3 Å². The molecule has 0 bridgehead atoms. The van der Waals surface area contributed by atoms with Crippen LogP contribution < -0.4 is 5.32 Å². The Morgan fingerprint density at radius 2 is 2.17 bits per heavy atom. The van der Waals surface area contributed by atoms with Gasteiger partial charge in [-0.05, 0) is 31.0 Å². The Bertz CT molecular complexity index is 602. The van der Waals surface area contributed by atoms with Crippen LogP contribution in [0.25, 0.3) is 0 Å². The van der Waals surface area contributed by atoms with E-state index < -0.39 is 11.9 Å². The molecule has 2 rings (SSSR count). The van der Waals surface area contributed by atoms with Gasteiger partial charge in [0.25, 0.3) is 0 Å². The first kappa shape index (κ1) is 16.8. The second-order valence-electron chi connectivity index (χ2n) is 5.38. The predicted molar refractivity (Wildman–Crippen MR) is 83.1 cm³/mol. The summed E-state index contributed by atoms with van der Waals surface area (Å²) in [6.45, 7) is 2.71. The Hall–Kier alpha value is -2.57. The van der Waals surface area contributed by atoms with Crippen LogP contribution in [0.1, 0.15) is 18.9 Å². The molecular formula is C16H20N2O5. The van der Waals surface area contributed by atoms with Crippen molar-refractivity contribution < 1.29 is 24.2 Å². The van der Waals surface area contributed by atoms with Crippen molar-refractivity contribution in [3.63, 3.8) is 0 Å². The van der Waals surface area contributed by atoms with Crippen molar-refractivity contribution in [2.45, 2.75) is 19.8 Å². The maximum Gasteiger partial charge on any atom is 0.321 e. The third-order valence-electron chi connectivity index (χ3n) is 3.66. The SMILES string of the molecule is CCOC(=O)Cc1cccc(NC(=O)N2CCC(C(=O)O)C2)c1. The second kappa shape index (κ2) is 7.62. The average Bonchev–Trinajstić information content (AvgIpc) is 2.98. The number of carboxylic acids is 1. The molecule has 124 valence electrons. The lowest BCUT2D eigenvalue weighted by Crippen LogP contribution is -2.33. The van der Waals surface area contributed by atoms with Crippen LogP contribution in [0.3, 0.4) is 0 Å². The van der Waals surface area contributed by atoms with E-state index in [0.29, 0.717) is 25.3 Å². The summed E-state index contributed by atoms with van der Waals surface area (Å²) in [6, 6.07) is 6.62. The van der Waals surface area contributed by atoms with Crippen molar-refractivity contribution >= 4 is 23.7 Å². The zero-order valence-electron chi connectivity index (χ0n) is 12.9. The van der Waals surface area contributed by atoms with Crippen molar-refractivity contribution in [2.24, 2.45) is 5.92 Å². The first-order valence-corrected chi connectivity index (χ1v) is 7.53. The maximum atomic E-state index is 12.1. The fraction of sp³-hybridized carbons (Fsp3) is 0.438. The summed E-state index contributed by atoms with van der Waals surface area (Å²) in [5.41, 5.74) is 1.31. The Labute approximate surface area is 134 Å². The van der Waals surface area contributed by atoms with E-state index in [1.54, 1.807) is 31.2 Å². The van der Waals surface area contributed by atoms with Gasteiger partial charge in [0.1, 0.15) is 0 Å². The minimum Gasteiger partial charge on any atom is -0.481 e. The quantitative estimate of drug-likeness (QED) is 0.806. The summed E-state index contributed by atoms with van der Waals surface area (Å²) in [5, 5.41) is 11.7. The lowest BCUT2D eigenvalue weighted by Gasteiger charge is -2.17. The van der Waals surface area contributed by atoms with Gasteiger partial charge in [0, 0.05) is 18.8 Å². The van der Waals surface area contributed by atoms with E-state index in [2.05, 4.69) is 5.32 Å². The molecule has 1 unspecified atom stereocenters. The Morgan fingerprint density at radius 3 is 2.83 bits per heavy atom. The van der Waals surface area contributed by atoms with Crippen LogP contribution in [0, 0.1) is 5.92 Å². The number of rotatable bonds is 5. The number of amides is 2. The van der Waals surface area contributed by atoms with Gasteiger partial charge in [-0.3, -0.25) is 9.59 Å². The Morgan fingerprint density at radius 1 is 1.39 bits per heavy atom. The molecule has 7 nitrogen and oxygen atoms in total. The van der Waals surface area contributed by atoms with Gasteiger partial charge in [-0.15, -0.1) is 0 Å². The highest BCUT2D eigenvalue weighted by molar-refractivity contribution is 5.90. The molecule has 1 saturated heterocycles. The zero-order valence-corrected chi connectivity index (χ0v) is 12.9. The summed E-state index contributed by atoms with van der Waals surface area (Å²) < 4.78 is 4.89. The number of urea groups is 1. The molecule has 1 aromatic carbocycles. The fourth-order valence-electron chi connectivity index (χ4n) is 2.49. The molecule has 1 heterocycles. The number of anilines is 1. The van der Waals surface area contributed by atoms with E-state index in [1.165, 1.54) is 4.90 Å². The van der Waals surface area contributed by atoms with E-state index in [4.69, 9.17) is 9.84 Å². The fourth-order valence-corrected chi connectivity index (χ4v) is 2.49. The number of hydrogen-bond donors (Lipinski definition) is 2. The highest BCUT2D eigenvalue weighted by atomic mass is 16.5. The van der Waals surface area contributed by atoms with Crippen molar-refractivity contribution in [1.29, 1.82) is 0 Å². The van der Waals surface area contributed by atoms with Crippen LogP contribution in [0.4, 0.5) is 10.5 Å². The molecule has 2 N–H and O–H groups in total. The van der Waals surface area contributed by atoms with E-state index in [0.717, 1.165) is 5.56 Å². The van der Waals surface area contributed by atoms with Crippen LogP contribution in [0.5, 0.6) is 0 Å². The van der Waals surface area contributed by atoms with Gasteiger partial charge in [0.15, 0.2) is 0 Å². The number of carboxylic acid groups (broad SMARTS) is 1. The monoisotopic (exact) mass is 320 g/mol. The summed E-state index contributed by atoms with van der Waals surface area (Å²) >= 11 is 0. The third-order valence-corrected chi connectivity index (χ3v) is 3.66. The topological polar surface area (TPSA) is 95.9 Å². The van der Waals surface area contributed by atoms with E-state index in [1.807, 2.05) is 0 Å². The number of carbonyl (C=O) groups excluding carboxylic acids is 2. The smallest absolute Gasteiger partial charge is 0.321 e. The minimum absolute atomic E-state index is 0.141. The molecule has 1 aliphatic rings. The van der Waals surface area contributed by atoms with Gasteiger partial charge in [0.2, 0.25) is 0 Å². The molecule has 1 atom stereocenters. The van der Waals surface area contributed by atoms with Gasteiger partial charge >= 0.3 is 18.0 Å². The Kier molecular flexibility index (Phi) is 5.56.